The number of amides is 1. The predicted octanol–water partition coefficient (Wildman–Crippen LogP) is 1.50. The molecule has 15 heavy (non-hydrogen) atoms. The van der Waals surface area contributed by atoms with Crippen LogP contribution in [0.1, 0.15) is 39.0 Å². The van der Waals surface area contributed by atoms with E-state index >= 15 is 0 Å². The molecule has 1 aliphatic carbocycles. The molecule has 1 amide bonds. The van der Waals surface area contributed by atoms with E-state index in [4.69, 9.17) is 5.11 Å². The number of aliphatic carboxylic acids is 1. The minimum atomic E-state index is -0.921. The third-order valence-electron chi connectivity index (χ3n) is 2.84. The molecule has 0 radical (unpaired) electrons. The molecule has 86 valence electrons. The quantitative estimate of drug-likeness (QED) is 0.753. The lowest BCUT2D eigenvalue weighted by Gasteiger charge is -2.23. The van der Waals surface area contributed by atoms with Crippen molar-refractivity contribution in [1.29, 1.82) is 0 Å². The van der Waals surface area contributed by atoms with Crippen LogP contribution in [-0.2, 0) is 9.59 Å². The van der Waals surface area contributed by atoms with Crippen molar-refractivity contribution < 1.29 is 14.7 Å². The van der Waals surface area contributed by atoms with Crippen molar-refractivity contribution in [2.75, 3.05) is 13.1 Å². The van der Waals surface area contributed by atoms with Gasteiger partial charge in [-0.2, -0.15) is 0 Å². The first-order valence-corrected chi connectivity index (χ1v) is 5.65. The summed E-state index contributed by atoms with van der Waals surface area (Å²) >= 11 is 0. The molecule has 1 N–H and O–H groups in total. The molecule has 1 rings (SSSR count). The van der Waals surface area contributed by atoms with E-state index in [-0.39, 0.29) is 18.4 Å². The number of nitrogens with zero attached hydrogens (tertiary/aromatic N) is 1. The Kier molecular flexibility index (Phi) is 4.59. The van der Waals surface area contributed by atoms with E-state index in [1.165, 1.54) is 4.90 Å². The lowest BCUT2D eigenvalue weighted by atomic mass is 10.1. The summed E-state index contributed by atoms with van der Waals surface area (Å²) in [5.41, 5.74) is 0. The number of hydrogen-bond acceptors (Lipinski definition) is 2. The van der Waals surface area contributed by atoms with Crippen LogP contribution < -0.4 is 0 Å². The van der Waals surface area contributed by atoms with Crippen LogP contribution in [0.25, 0.3) is 0 Å². The fraction of sp³-hybridized carbons (Fsp3) is 0.818. The maximum absolute atomic E-state index is 11.9. The molecule has 4 nitrogen and oxygen atoms in total. The second-order valence-corrected chi connectivity index (χ2v) is 4.13. The van der Waals surface area contributed by atoms with Crippen LogP contribution in [0.2, 0.25) is 0 Å². The van der Waals surface area contributed by atoms with E-state index in [1.54, 1.807) is 0 Å². The average molecular weight is 213 g/mol. The molecule has 0 saturated heterocycles. The highest BCUT2D eigenvalue weighted by Gasteiger charge is 2.27. The zero-order chi connectivity index (χ0) is 11.3. The maximum Gasteiger partial charge on any atom is 0.323 e. The number of carbonyl (C=O) groups excluding carboxylic acids is 1. The molecule has 0 bridgehead atoms. The number of carboxylic acid groups (broad SMARTS) is 1. The summed E-state index contributed by atoms with van der Waals surface area (Å²) in [6, 6.07) is 0. The van der Waals surface area contributed by atoms with Crippen LogP contribution in [0, 0.1) is 5.92 Å². The van der Waals surface area contributed by atoms with Crippen LogP contribution in [0.4, 0.5) is 0 Å². The Bertz CT molecular complexity index is 234. The molecule has 1 fully saturated rings. The van der Waals surface area contributed by atoms with E-state index in [9.17, 15) is 9.59 Å². The molecule has 0 aromatic rings. The third kappa shape index (κ3) is 3.53. The molecule has 1 aliphatic rings. The summed E-state index contributed by atoms with van der Waals surface area (Å²) in [7, 11) is 0. The van der Waals surface area contributed by atoms with Gasteiger partial charge in [-0.25, -0.2) is 0 Å². The third-order valence-corrected chi connectivity index (χ3v) is 2.84. The van der Waals surface area contributed by atoms with Crippen molar-refractivity contribution in [2.45, 2.75) is 39.0 Å². The molecule has 0 aliphatic heterocycles. The lowest BCUT2D eigenvalue weighted by molar-refractivity contribution is -0.146. The minimum Gasteiger partial charge on any atom is -0.480 e. The summed E-state index contributed by atoms with van der Waals surface area (Å²) < 4.78 is 0. The van der Waals surface area contributed by atoms with E-state index in [0.29, 0.717) is 6.54 Å². The topological polar surface area (TPSA) is 57.6 Å². The van der Waals surface area contributed by atoms with Crippen molar-refractivity contribution in [3.8, 4) is 0 Å². The van der Waals surface area contributed by atoms with Gasteiger partial charge in [-0.3, -0.25) is 9.59 Å². The summed E-state index contributed by atoms with van der Waals surface area (Å²) in [6.45, 7) is 2.36. The first kappa shape index (κ1) is 12.0. The van der Waals surface area contributed by atoms with Crippen molar-refractivity contribution >= 4 is 11.9 Å². The lowest BCUT2D eigenvalue weighted by Crippen LogP contribution is -2.39. The Labute approximate surface area is 90.3 Å². The first-order valence-electron chi connectivity index (χ1n) is 5.65. The normalized spacial score (nSPS) is 16.6. The monoisotopic (exact) mass is 213 g/mol. The Morgan fingerprint density at radius 2 is 1.93 bits per heavy atom. The first-order chi connectivity index (χ1) is 7.15. The summed E-state index contributed by atoms with van der Waals surface area (Å²) in [5.74, 6) is -0.803. The highest BCUT2D eigenvalue weighted by molar-refractivity contribution is 5.83. The summed E-state index contributed by atoms with van der Waals surface area (Å²) in [4.78, 5) is 24.0. The number of rotatable bonds is 5. The van der Waals surface area contributed by atoms with Gasteiger partial charge in [-0.05, 0) is 19.3 Å². The highest BCUT2D eigenvalue weighted by Crippen LogP contribution is 2.26. The standard InChI is InChI=1S/C11H19NO3/c1-2-7-12(8-10(13)14)11(15)9-5-3-4-6-9/h9H,2-8H2,1H3,(H,13,14). The fourth-order valence-corrected chi connectivity index (χ4v) is 2.13. The van der Waals surface area contributed by atoms with E-state index in [2.05, 4.69) is 0 Å². The Morgan fingerprint density at radius 1 is 1.33 bits per heavy atom. The number of carbonyl (C=O) groups is 2. The van der Waals surface area contributed by atoms with E-state index in [0.717, 1.165) is 32.1 Å². The zero-order valence-corrected chi connectivity index (χ0v) is 9.24. The van der Waals surface area contributed by atoms with E-state index < -0.39 is 5.97 Å². The van der Waals surface area contributed by atoms with Crippen LogP contribution in [0.3, 0.4) is 0 Å². The molecule has 4 heteroatoms. The van der Waals surface area contributed by atoms with Gasteiger partial charge in [0.2, 0.25) is 5.91 Å². The van der Waals surface area contributed by atoms with Crippen LogP contribution in [0.5, 0.6) is 0 Å². The van der Waals surface area contributed by atoms with Crippen molar-refractivity contribution in [3.05, 3.63) is 0 Å². The molecule has 0 atom stereocenters. The van der Waals surface area contributed by atoms with Gasteiger partial charge in [-0.15, -0.1) is 0 Å². The molecular formula is C11H19NO3. The SMILES string of the molecule is CCCN(CC(=O)O)C(=O)C1CCCC1. The van der Waals surface area contributed by atoms with Gasteiger partial charge in [0, 0.05) is 12.5 Å². The molecular weight excluding hydrogens is 194 g/mol. The average Bonchev–Trinajstić information content (AvgIpc) is 2.68. The zero-order valence-electron chi connectivity index (χ0n) is 9.24. The van der Waals surface area contributed by atoms with Gasteiger partial charge in [0.15, 0.2) is 0 Å². The second-order valence-electron chi connectivity index (χ2n) is 4.13. The largest absolute Gasteiger partial charge is 0.480 e. The van der Waals surface area contributed by atoms with Gasteiger partial charge in [0.1, 0.15) is 6.54 Å². The van der Waals surface area contributed by atoms with Crippen LogP contribution in [0.15, 0.2) is 0 Å². The fourth-order valence-electron chi connectivity index (χ4n) is 2.13. The second kappa shape index (κ2) is 5.73. The van der Waals surface area contributed by atoms with Gasteiger partial charge in [0.05, 0.1) is 0 Å². The smallest absolute Gasteiger partial charge is 0.323 e. The van der Waals surface area contributed by atoms with Gasteiger partial charge in [0.25, 0.3) is 0 Å². The van der Waals surface area contributed by atoms with Gasteiger partial charge >= 0.3 is 5.97 Å². The van der Waals surface area contributed by atoms with Crippen LogP contribution >= 0.6 is 0 Å². The molecule has 0 aromatic heterocycles. The molecule has 0 spiro atoms. The Balaban J connectivity index is 2.52. The molecule has 0 unspecified atom stereocenters. The molecule has 1 saturated carbocycles. The summed E-state index contributed by atoms with van der Waals surface area (Å²) in [5, 5.41) is 8.71. The highest BCUT2D eigenvalue weighted by atomic mass is 16.4. The predicted molar refractivity (Wildman–Crippen MR) is 56.5 cm³/mol. The van der Waals surface area contributed by atoms with Crippen LogP contribution in [-0.4, -0.2) is 35.0 Å². The van der Waals surface area contributed by atoms with E-state index in [1.807, 2.05) is 6.92 Å². The maximum atomic E-state index is 11.9. The minimum absolute atomic E-state index is 0.0387. The number of carboxylic acids is 1. The molecule has 0 aromatic carbocycles. The number of hydrogen-bond donors (Lipinski definition) is 1. The van der Waals surface area contributed by atoms with Gasteiger partial charge in [-0.1, -0.05) is 19.8 Å². The summed E-state index contributed by atoms with van der Waals surface area (Å²) in [6.07, 6.45) is 4.87. The molecule has 0 heterocycles. The Morgan fingerprint density at radius 3 is 2.40 bits per heavy atom. The van der Waals surface area contributed by atoms with Gasteiger partial charge < -0.3 is 10.0 Å². The Hall–Kier alpha value is -1.06. The van der Waals surface area contributed by atoms with Crippen molar-refractivity contribution in [1.82, 2.24) is 4.90 Å². The van der Waals surface area contributed by atoms with Crippen molar-refractivity contribution in [3.63, 3.8) is 0 Å². The van der Waals surface area contributed by atoms with Crippen molar-refractivity contribution in [2.24, 2.45) is 5.92 Å².